The number of anilines is 2. The molecule has 2 heterocycles. The van der Waals surface area contributed by atoms with Gasteiger partial charge in [-0.3, -0.25) is 14.9 Å². The number of hydrogen-bond acceptors (Lipinski definition) is 6. The van der Waals surface area contributed by atoms with Gasteiger partial charge in [-0.05, 0) is 36.4 Å². The summed E-state index contributed by atoms with van der Waals surface area (Å²) in [6.45, 7) is 0. The Bertz CT molecular complexity index is 992. The van der Waals surface area contributed by atoms with Crippen LogP contribution >= 0.6 is 23.1 Å². The van der Waals surface area contributed by atoms with Crippen molar-refractivity contribution in [1.82, 2.24) is 10.2 Å². The molecule has 2 N–H and O–H groups in total. The summed E-state index contributed by atoms with van der Waals surface area (Å²) < 4.78 is 13.4. The molecule has 3 aromatic rings. The molecule has 25 heavy (non-hydrogen) atoms. The largest absolute Gasteiger partial charge is 0.321 e. The van der Waals surface area contributed by atoms with Crippen molar-refractivity contribution in [2.75, 3.05) is 10.6 Å². The fourth-order valence-corrected chi connectivity index (χ4v) is 3.76. The van der Waals surface area contributed by atoms with E-state index in [9.17, 15) is 14.0 Å². The lowest BCUT2D eigenvalue weighted by atomic mass is 10.1. The third-order valence-corrected chi connectivity index (χ3v) is 5.24. The minimum absolute atomic E-state index is 0.265. The highest BCUT2D eigenvalue weighted by Crippen LogP contribution is 2.39. The van der Waals surface area contributed by atoms with Gasteiger partial charge in [0.25, 0.3) is 11.8 Å². The van der Waals surface area contributed by atoms with E-state index in [1.807, 2.05) is 0 Å². The van der Waals surface area contributed by atoms with Crippen molar-refractivity contribution in [3.8, 4) is 0 Å². The molecular formula is C16H9FN4O2S2. The summed E-state index contributed by atoms with van der Waals surface area (Å²) in [6, 6.07) is 9.07. The lowest BCUT2D eigenvalue weighted by Crippen LogP contribution is -2.14. The average molecular weight is 372 g/mol. The van der Waals surface area contributed by atoms with Crippen molar-refractivity contribution in [2.45, 2.75) is 9.79 Å². The molecule has 0 spiro atoms. The van der Waals surface area contributed by atoms with Crippen LogP contribution in [0.2, 0.25) is 0 Å². The Morgan fingerprint density at radius 3 is 2.80 bits per heavy atom. The maximum Gasteiger partial charge on any atom is 0.257 e. The van der Waals surface area contributed by atoms with Gasteiger partial charge < -0.3 is 5.32 Å². The highest BCUT2D eigenvalue weighted by Gasteiger charge is 2.21. The van der Waals surface area contributed by atoms with Gasteiger partial charge in [0.05, 0.1) is 11.3 Å². The molecule has 0 saturated heterocycles. The smallest absolute Gasteiger partial charge is 0.257 e. The number of nitrogens with one attached hydrogen (secondary N) is 2. The van der Waals surface area contributed by atoms with Crippen LogP contribution in [0.25, 0.3) is 0 Å². The van der Waals surface area contributed by atoms with Gasteiger partial charge in [0, 0.05) is 15.4 Å². The first-order valence-corrected chi connectivity index (χ1v) is 8.80. The van der Waals surface area contributed by atoms with E-state index in [4.69, 9.17) is 0 Å². The summed E-state index contributed by atoms with van der Waals surface area (Å²) in [6.07, 6.45) is 0. The van der Waals surface area contributed by atoms with E-state index < -0.39 is 11.7 Å². The molecule has 1 aliphatic rings. The second-order valence-electron chi connectivity index (χ2n) is 5.11. The summed E-state index contributed by atoms with van der Waals surface area (Å²) in [5.41, 5.74) is 2.64. The van der Waals surface area contributed by atoms with Crippen LogP contribution in [0.4, 0.5) is 15.2 Å². The van der Waals surface area contributed by atoms with Gasteiger partial charge in [0.2, 0.25) is 5.13 Å². The number of aromatic nitrogens is 2. The number of benzene rings is 2. The van der Waals surface area contributed by atoms with Crippen molar-refractivity contribution in [3.63, 3.8) is 0 Å². The van der Waals surface area contributed by atoms with Crippen LogP contribution < -0.4 is 10.6 Å². The monoisotopic (exact) mass is 372 g/mol. The Kier molecular flexibility index (Phi) is 3.94. The number of carbonyl (C=O) groups is 2. The van der Waals surface area contributed by atoms with Crippen LogP contribution in [0, 0.1) is 5.82 Å². The number of fused-ring (bicyclic) bond motifs is 2. The summed E-state index contributed by atoms with van der Waals surface area (Å²) in [7, 11) is 0. The average Bonchev–Trinajstić information content (AvgIpc) is 3.05. The van der Waals surface area contributed by atoms with E-state index in [0.717, 1.165) is 4.90 Å². The predicted octanol–water partition coefficient (Wildman–Crippen LogP) is 3.65. The Labute approximate surface area is 149 Å². The lowest BCUT2D eigenvalue weighted by Gasteiger charge is -2.08. The molecule has 0 aliphatic carbocycles. The van der Waals surface area contributed by atoms with Crippen LogP contribution in [-0.4, -0.2) is 22.0 Å². The van der Waals surface area contributed by atoms with E-state index in [-0.39, 0.29) is 11.5 Å². The maximum absolute atomic E-state index is 13.4. The molecule has 0 saturated carbocycles. The fraction of sp³-hybridized carbons (Fsp3) is 0. The SMILES string of the molecule is O=C(Nc1nncs1)c1ccc2c(c1)NC(=O)c1cc(F)ccc1S2. The minimum Gasteiger partial charge on any atom is -0.321 e. The van der Waals surface area contributed by atoms with E-state index in [1.165, 1.54) is 40.7 Å². The lowest BCUT2D eigenvalue weighted by molar-refractivity contribution is 0.101. The first-order chi connectivity index (χ1) is 12.1. The molecule has 1 aromatic heterocycles. The second kappa shape index (κ2) is 6.26. The van der Waals surface area contributed by atoms with Gasteiger partial charge in [-0.15, -0.1) is 10.2 Å². The zero-order valence-corrected chi connectivity index (χ0v) is 14.1. The molecule has 2 aromatic carbocycles. The molecule has 0 atom stereocenters. The van der Waals surface area contributed by atoms with Gasteiger partial charge in [-0.2, -0.15) is 0 Å². The first kappa shape index (κ1) is 15.7. The van der Waals surface area contributed by atoms with Crippen LogP contribution in [0.5, 0.6) is 0 Å². The van der Waals surface area contributed by atoms with E-state index in [2.05, 4.69) is 20.8 Å². The number of carbonyl (C=O) groups excluding carboxylic acids is 2. The molecule has 1 aliphatic heterocycles. The summed E-state index contributed by atoms with van der Waals surface area (Å²) in [5, 5.41) is 13.2. The van der Waals surface area contributed by atoms with Crippen molar-refractivity contribution in [3.05, 3.63) is 58.9 Å². The quantitative estimate of drug-likeness (QED) is 0.717. The standard InChI is InChI=1S/C16H9FN4O2S2/c17-9-2-4-12-10(6-9)15(23)19-11-5-8(1-3-13(11)25-12)14(22)20-16-21-18-7-24-16/h1-7H,(H,19,23)(H,20,21,22). The predicted molar refractivity (Wildman–Crippen MR) is 92.8 cm³/mol. The maximum atomic E-state index is 13.4. The van der Waals surface area contributed by atoms with Crippen molar-refractivity contribution in [1.29, 1.82) is 0 Å². The number of amides is 2. The highest BCUT2D eigenvalue weighted by molar-refractivity contribution is 7.99. The van der Waals surface area contributed by atoms with E-state index in [1.54, 1.807) is 24.3 Å². The summed E-state index contributed by atoms with van der Waals surface area (Å²) in [5.74, 6) is -1.24. The van der Waals surface area contributed by atoms with Gasteiger partial charge in [0.1, 0.15) is 11.3 Å². The molecule has 0 radical (unpaired) electrons. The molecule has 2 amide bonds. The summed E-state index contributed by atoms with van der Waals surface area (Å²) >= 11 is 2.55. The Hall–Kier alpha value is -2.78. The molecular weight excluding hydrogens is 363 g/mol. The second-order valence-corrected chi connectivity index (χ2v) is 7.02. The Morgan fingerprint density at radius 1 is 1.16 bits per heavy atom. The van der Waals surface area contributed by atoms with Crippen molar-refractivity contribution in [2.24, 2.45) is 0 Å². The minimum atomic E-state index is -0.474. The molecule has 0 bridgehead atoms. The van der Waals surface area contributed by atoms with Gasteiger partial charge in [-0.25, -0.2) is 4.39 Å². The number of nitrogens with zero attached hydrogens (tertiary/aromatic N) is 2. The van der Waals surface area contributed by atoms with Crippen LogP contribution in [0.1, 0.15) is 20.7 Å². The fourth-order valence-electron chi connectivity index (χ4n) is 2.33. The number of halogens is 1. The van der Waals surface area contributed by atoms with Gasteiger partial charge >= 0.3 is 0 Å². The van der Waals surface area contributed by atoms with Crippen LogP contribution in [-0.2, 0) is 0 Å². The zero-order chi connectivity index (χ0) is 17.4. The number of rotatable bonds is 2. The Morgan fingerprint density at radius 2 is 2.00 bits per heavy atom. The van der Waals surface area contributed by atoms with Gasteiger partial charge in [0.15, 0.2) is 0 Å². The topological polar surface area (TPSA) is 84.0 Å². The zero-order valence-electron chi connectivity index (χ0n) is 12.4. The van der Waals surface area contributed by atoms with E-state index >= 15 is 0 Å². The van der Waals surface area contributed by atoms with Crippen molar-refractivity contribution >= 4 is 45.7 Å². The molecule has 4 rings (SSSR count). The normalized spacial score (nSPS) is 12.6. The van der Waals surface area contributed by atoms with E-state index in [0.29, 0.717) is 21.3 Å². The molecule has 6 nitrogen and oxygen atoms in total. The first-order valence-electron chi connectivity index (χ1n) is 7.10. The third kappa shape index (κ3) is 3.11. The highest BCUT2D eigenvalue weighted by atomic mass is 32.2. The summed E-state index contributed by atoms with van der Waals surface area (Å²) in [4.78, 5) is 26.1. The van der Waals surface area contributed by atoms with Crippen molar-refractivity contribution < 1.29 is 14.0 Å². The Balaban J connectivity index is 1.66. The molecule has 0 unspecified atom stereocenters. The third-order valence-electron chi connectivity index (χ3n) is 3.48. The van der Waals surface area contributed by atoms with Crippen LogP contribution in [0.15, 0.2) is 51.7 Å². The molecule has 9 heteroatoms. The molecule has 124 valence electrons. The van der Waals surface area contributed by atoms with Crippen LogP contribution in [0.3, 0.4) is 0 Å². The molecule has 0 fully saturated rings. The number of hydrogen-bond donors (Lipinski definition) is 2. The van der Waals surface area contributed by atoms with Gasteiger partial charge in [-0.1, -0.05) is 23.1 Å².